The van der Waals surface area contributed by atoms with Crippen LogP contribution in [0.2, 0.25) is 0 Å². The largest absolute Gasteiger partial charge is 0.468 e. The summed E-state index contributed by atoms with van der Waals surface area (Å²) in [5.74, 6) is 2.50. The number of Topliss-reactive ketones (excluding diaryl/α,β-unsaturated/α-hetero) is 1. The highest BCUT2D eigenvalue weighted by Crippen LogP contribution is 2.69. The van der Waals surface area contributed by atoms with Crippen molar-refractivity contribution in [3.63, 3.8) is 0 Å². The minimum atomic E-state index is 0.0510. The van der Waals surface area contributed by atoms with Crippen molar-refractivity contribution in [3.8, 4) is 0 Å². The number of allylic oxidation sites excluding steroid dienone is 1. The van der Waals surface area contributed by atoms with Crippen LogP contribution in [0.25, 0.3) is 0 Å². The second-order valence-electron chi connectivity index (χ2n) is 6.22. The van der Waals surface area contributed by atoms with Gasteiger partial charge in [0.1, 0.15) is 5.76 Å². The van der Waals surface area contributed by atoms with Crippen LogP contribution >= 0.6 is 0 Å². The van der Waals surface area contributed by atoms with Crippen LogP contribution in [0.3, 0.4) is 0 Å². The molecule has 0 aromatic carbocycles. The summed E-state index contributed by atoms with van der Waals surface area (Å²) in [5.41, 5.74) is 3.10. The van der Waals surface area contributed by atoms with Gasteiger partial charge in [0.05, 0.1) is 11.8 Å². The maximum Gasteiger partial charge on any atom is 0.174 e. The Bertz CT molecular complexity index is 565. The first-order valence-electron chi connectivity index (χ1n) is 6.34. The highest BCUT2D eigenvalue weighted by molar-refractivity contribution is 6.04. The van der Waals surface area contributed by atoms with Gasteiger partial charge in [0.25, 0.3) is 0 Å². The number of fused-ring (bicyclic) bond motifs is 4. The van der Waals surface area contributed by atoms with E-state index in [1.54, 1.807) is 6.26 Å². The van der Waals surface area contributed by atoms with E-state index >= 15 is 0 Å². The Morgan fingerprint density at radius 3 is 3.06 bits per heavy atom. The van der Waals surface area contributed by atoms with E-state index in [2.05, 4.69) is 13.5 Å². The van der Waals surface area contributed by atoms with Gasteiger partial charge < -0.3 is 4.42 Å². The minimum absolute atomic E-state index is 0.0510. The molecule has 0 spiro atoms. The van der Waals surface area contributed by atoms with E-state index in [0.29, 0.717) is 11.8 Å². The van der Waals surface area contributed by atoms with E-state index in [1.165, 1.54) is 12.0 Å². The fourth-order valence-corrected chi connectivity index (χ4v) is 4.34. The molecule has 4 atom stereocenters. The molecule has 2 fully saturated rings. The summed E-state index contributed by atoms with van der Waals surface area (Å²) in [6.45, 7) is 8.40. The summed E-state index contributed by atoms with van der Waals surface area (Å²) in [6, 6.07) is 0. The number of carbonyl (C=O) groups is 1. The van der Waals surface area contributed by atoms with E-state index in [9.17, 15) is 4.79 Å². The Labute approximate surface area is 101 Å². The molecule has 3 aliphatic carbocycles. The first-order valence-corrected chi connectivity index (χ1v) is 6.34. The van der Waals surface area contributed by atoms with Crippen molar-refractivity contribution >= 4 is 5.78 Å². The molecule has 0 saturated heterocycles. The predicted octanol–water partition coefficient (Wildman–Crippen LogP) is 3.16. The zero-order valence-corrected chi connectivity index (χ0v) is 10.2. The van der Waals surface area contributed by atoms with E-state index < -0.39 is 0 Å². The molecular weight excluding hydrogens is 212 g/mol. The van der Waals surface area contributed by atoms with Crippen LogP contribution < -0.4 is 0 Å². The van der Waals surface area contributed by atoms with Crippen molar-refractivity contribution in [2.75, 3.05) is 0 Å². The standard InChI is InChI=1S/C15H16O2/c1-7-6-17-11-5-15(3)10-4-9(10)8(2)13(15)14(16)12(7)11/h6,9-10,13H,2,4-5H2,1,3H3/t9-,10-,13+,15+/m1/s1. The lowest BCUT2D eigenvalue weighted by atomic mass is 9.65. The molecule has 2 saturated carbocycles. The number of aryl methyl sites for hydroxylation is 1. The maximum absolute atomic E-state index is 12.6. The molecule has 88 valence electrons. The Hall–Kier alpha value is -1.31. The molecule has 0 radical (unpaired) electrons. The van der Waals surface area contributed by atoms with Crippen LogP contribution in [0.4, 0.5) is 0 Å². The Morgan fingerprint density at radius 2 is 2.29 bits per heavy atom. The van der Waals surface area contributed by atoms with Crippen molar-refractivity contribution in [1.29, 1.82) is 0 Å². The fraction of sp³-hybridized carbons (Fsp3) is 0.533. The monoisotopic (exact) mass is 228 g/mol. The first kappa shape index (κ1) is 9.69. The van der Waals surface area contributed by atoms with Crippen LogP contribution in [0.1, 0.15) is 35.0 Å². The highest BCUT2D eigenvalue weighted by Gasteiger charge is 2.66. The number of ketones is 1. The number of carbonyl (C=O) groups excluding carboxylic acids is 1. The van der Waals surface area contributed by atoms with Crippen LogP contribution in [0.5, 0.6) is 0 Å². The second kappa shape index (κ2) is 2.58. The first-order chi connectivity index (χ1) is 8.04. The lowest BCUT2D eigenvalue weighted by molar-refractivity contribution is 0.0772. The van der Waals surface area contributed by atoms with Crippen molar-refractivity contribution in [2.45, 2.75) is 26.7 Å². The van der Waals surface area contributed by atoms with Crippen LogP contribution in [-0.2, 0) is 6.42 Å². The number of rotatable bonds is 0. The van der Waals surface area contributed by atoms with Gasteiger partial charge in [0.2, 0.25) is 0 Å². The maximum atomic E-state index is 12.6. The molecule has 1 heterocycles. The van der Waals surface area contributed by atoms with Gasteiger partial charge in [-0.2, -0.15) is 0 Å². The van der Waals surface area contributed by atoms with Gasteiger partial charge in [0, 0.05) is 12.3 Å². The summed E-state index contributed by atoms with van der Waals surface area (Å²) < 4.78 is 5.58. The third-order valence-electron chi connectivity index (χ3n) is 5.25. The molecule has 3 aliphatic rings. The number of hydrogen-bond acceptors (Lipinski definition) is 2. The zero-order valence-electron chi connectivity index (χ0n) is 10.2. The lowest BCUT2D eigenvalue weighted by Crippen LogP contribution is -2.39. The van der Waals surface area contributed by atoms with Crippen LogP contribution in [-0.4, -0.2) is 5.78 Å². The summed E-state index contributed by atoms with van der Waals surface area (Å²) in [5, 5.41) is 0. The van der Waals surface area contributed by atoms with Crippen LogP contribution in [0, 0.1) is 30.1 Å². The van der Waals surface area contributed by atoms with Gasteiger partial charge in [0.15, 0.2) is 5.78 Å². The zero-order chi connectivity index (χ0) is 11.9. The topological polar surface area (TPSA) is 30.2 Å². The summed E-state index contributed by atoms with van der Waals surface area (Å²) in [4.78, 5) is 12.6. The van der Waals surface area contributed by atoms with Gasteiger partial charge in [-0.15, -0.1) is 0 Å². The van der Waals surface area contributed by atoms with Crippen molar-refractivity contribution in [3.05, 3.63) is 35.3 Å². The van der Waals surface area contributed by atoms with E-state index in [1.807, 2.05) is 6.92 Å². The third kappa shape index (κ3) is 0.921. The quantitative estimate of drug-likeness (QED) is 0.638. The third-order valence-corrected chi connectivity index (χ3v) is 5.25. The minimum Gasteiger partial charge on any atom is -0.468 e. The molecule has 0 bridgehead atoms. The summed E-state index contributed by atoms with van der Waals surface area (Å²) in [6.07, 6.45) is 3.86. The van der Waals surface area contributed by atoms with Gasteiger partial charge >= 0.3 is 0 Å². The van der Waals surface area contributed by atoms with Crippen molar-refractivity contribution < 1.29 is 9.21 Å². The molecule has 2 heteroatoms. The van der Waals surface area contributed by atoms with E-state index in [-0.39, 0.29) is 17.1 Å². The average molecular weight is 228 g/mol. The average Bonchev–Trinajstić information content (AvgIpc) is 2.94. The Morgan fingerprint density at radius 1 is 1.53 bits per heavy atom. The van der Waals surface area contributed by atoms with Gasteiger partial charge in [-0.1, -0.05) is 19.1 Å². The normalized spacial score (nSPS) is 42.1. The van der Waals surface area contributed by atoms with E-state index in [4.69, 9.17) is 4.42 Å². The highest BCUT2D eigenvalue weighted by atomic mass is 16.3. The fourth-order valence-electron chi connectivity index (χ4n) is 4.34. The number of hydrogen-bond donors (Lipinski definition) is 0. The van der Waals surface area contributed by atoms with Gasteiger partial charge in [-0.3, -0.25) is 4.79 Å². The molecule has 0 aliphatic heterocycles. The second-order valence-corrected chi connectivity index (χ2v) is 6.22. The molecular formula is C15H16O2. The molecule has 1 aromatic rings. The van der Waals surface area contributed by atoms with Gasteiger partial charge in [-0.05, 0) is 36.2 Å². The molecule has 1 aromatic heterocycles. The van der Waals surface area contributed by atoms with Crippen LogP contribution in [0.15, 0.2) is 22.8 Å². The van der Waals surface area contributed by atoms with Crippen molar-refractivity contribution in [2.24, 2.45) is 23.2 Å². The predicted molar refractivity (Wildman–Crippen MR) is 63.8 cm³/mol. The lowest BCUT2D eigenvalue weighted by Gasteiger charge is -2.37. The molecule has 17 heavy (non-hydrogen) atoms. The Balaban J connectivity index is 1.93. The van der Waals surface area contributed by atoms with E-state index in [0.717, 1.165) is 23.3 Å². The molecule has 0 unspecified atom stereocenters. The molecule has 0 amide bonds. The molecule has 2 nitrogen and oxygen atoms in total. The number of furan rings is 1. The summed E-state index contributed by atoms with van der Waals surface area (Å²) >= 11 is 0. The smallest absolute Gasteiger partial charge is 0.174 e. The van der Waals surface area contributed by atoms with Gasteiger partial charge in [-0.25, -0.2) is 0 Å². The Kier molecular flexibility index (Phi) is 1.47. The SMILES string of the molecule is C=C1[C@H]2C(=O)c3c(C)coc3C[C@@]2(C)[C@@H]2C[C@H]12. The summed E-state index contributed by atoms with van der Waals surface area (Å²) in [7, 11) is 0. The molecule has 4 rings (SSSR count). The molecule has 0 N–H and O–H groups in total. The van der Waals surface area contributed by atoms with Crippen molar-refractivity contribution in [1.82, 2.24) is 0 Å².